The van der Waals surface area contributed by atoms with E-state index >= 15 is 0 Å². The van der Waals surface area contributed by atoms with Crippen LogP contribution in [0.5, 0.6) is 0 Å². The maximum atomic E-state index is 12.9. The second kappa shape index (κ2) is 7.75. The van der Waals surface area contributed by atoms with Crippen molar-refractivity contribution < 1.29 is 29.0 Å². The lowest BCUT2D eigenvalue weighted by Crippen LogP contribution is -2.21. The zero-order valence-electron chi connectivity index (χ0n) is 16.3. The first-order valence-corrected chi connectivity index (χ1v) is 9.22. The van der Waals surface area contributed by atoms with Crippen molar-refractivity contribution in [3.63, 3.8) is 0 Å². The highest BCUT2D eigenvalue weighted by Gasteiger charge is 2.29. The maximum Gasteiger partial charge on any atom is 0.335 e. The van der Waals surface area contributed by atoms with Crippen molar-refractivity contribution in [1.82, 2.24) is 0 Å². The van der Waals surface area contributed by atoms with E-state index < -0.39 is 17.8 Å². The molecule has 1 aliphatic heterocycles. The molecule has 0 aliphatic carbocycles. The topological polar surface area (TPSA) is 120 Å². The molecule has 3 aromatic rings. The summed E-state index contributed by atoms with van der Waals surface area (Å²) < 4.78 is 5.78. The quantitative estimate of drug-likeness (QED) is 0.603. The predicted molar refractivity (Wildman–Crippen MR) is 113 cm³/mol. The molecular formula is C23H16N2O6. The minimum atomic E-state index is -1.10. The van der Waals surface area contributed by atoms with Crippen LogP contribution in [0, 0.1) is 0 Å². The summed E-state index contributed by atoms with van der Waals surface area (Å²) in [6, 6.07) is 15.7. The van der Waals surface area contributed by atoms with Crippen LogP contribution in [0.25, 0.3) is 17.4 Å². The second-order valence-corrected chi connectivity index (χ2v) is 6.80. The zero-order valence-corrected chi connectivity index (χ0v) is 16.3. The average Bonchev–Trinajstić information content (AvgIpc) is 3.34. The van der Waals surface area contributed by atoms with Crippen LogP contribution in [-0.2, 0) is 4.79 Å². The van der Waals surface area contributed by atoms with Gasteiger partial charge in [0.15, 0.2) is 0 Å². The van der Waals surface area contributed by atoms with Crippen LogP contribution in [0.1, 0.15) is 33.4 Å². The fourth-order valence-corrected chi connectivity index (χ4v) is 3.16. The fraction of sp³-hybridized carbons (Fsp3) is 0.0435. The number of hydrazone groups is 1. The minimum Gasteiger partial charge on any atom is -0.478 e. The van der Waals surface area contributed by atoms with Gasteiger partial charge in [0.25, 0.3) is 5.91 Å². The number of hydrogen-bond acceptors (Lipinski definition) is 5. The van der Waals surface area contributed by atoms with Crippen LogP contribution >= 0.6 is 0 Å². The highest BCUT2D eigenvalue weighted by Crippen LogP contribution is 2.28. The van der Waals surface area contributed by atoms with Gasteiger partial charge in [0.05, 0.1) is 28.1 Å². The monoisotopic (exact) mass is 416 g/mol. The van der Waals surface area contributed by atoms with Gasteiger partial charge in [0.2, 0.25) is 0 Å². The van der Waals surface area contributed by atoms with Crippen molar-refractivity contribution >= 4 is 35.3 Å². The Hall–Kier alpha value is -4.46. The average molecular weight is 416 g/mol. The Labute approximate surface area is 176 Å². The molecule has 1 amide bonds. The van der Waals surface area contributed by atoms with E-state index in [4.69, 9.17) is 14.6 Å². The Kier molecular flexibility index (Phi) is 4.96. The van der Waals surface area contributed by atoms with Gasteiger partial charge in [-0.15, -0.1) is 0 Å². The molecule has 1 aromatic heterocycles. The van der Waals surface area contributed by atoms with Crippen LogP contribution < -0.4 is 5.01 Å². The Bertz CT molecular complexity index is 1280. The predicted octanol–water partition coefficient (Wildman–Crippen LogP) is 4.15. The van der Waals surface area contributed by atoms with E-state index in [0.717, 1.165) is 5.01 Å². The van der Waals surface area contributed by atoms with E-state index in [2.05, 4.69) is 5.10 Å². The van der Waals surface area contributed by atoms with Gasteiger partial charge >= 0.3 is 11.9 Å². The first kappa shape index (κ1) is 19.8. The third-order valence-corrected chi connectivity index (χ3v) is 4.71. The van der Waals surface area contributed by atoms with Crippen LogP contribution in [0.15, 0.2) is 75.8 Å². The number of amides is 1. The van der Waals surface area contributed by atoms with Crippen LogP contribution in [-0.4, -0.2) is 33.8 Å². The highest BCUT2D eigenvalue weighted by molar-refractivity contribution is 6.32. The van der Waals surface area contributed by atoms with Gasteiger partial charge in [-0.05, 0) is 55.5 Å². The van der Waals surface area contributed by atoms with Crippen molar-refractivity contribution in [2.75, 3.05) is 5.01 Å². The van der Waals surface area contributed by atoms with E-state index in [-0.39, 0.29) is 11.1 Å². The van der Waals surface area contributed by atoms with E-state index in [1.807, 2.05) is 0 Å². The fourth-order valence-electron chi connectivity index (χ4n) is 3.16. The molecule has 0 spiro atoms. The molecule has 2 aromatic carbocycles. The molecule has 31 heavy (non-hydrogen) atoms. The summed E-state index contributed by atoms with van der Waals surface area (Å²) in [7, 11) is 0. The summed E-state index contributed by atoms with van der Waals surface area (Å²) >= 11 is 0. The van der Waals surface area contributed by atoms with Crippen molar-refractivity contribution in [3.05, 3.63) is 83.1 Å². The third kappa shape index (κ3) is 3.86. The van der Waals surface area contributed by atoms with Gasteiger partial charge in [0.1, 0.15) is 11.5 Å². The van der Waals surface area contributed by atoms with Crippen molar-refractivity contribution in [2.45, 2.75) is 6.92 Å². The molecule has 8 nitrogen and oxygen atoms in total. The molecule has 0 bridgehead atoms. The number of carbonyl (C=O) groups is 3. The zero-order chi connectivity index (χ0) is 22.1. The summed E-state index contributed by atoms with van der Waals surface area (Å²) in [5.41, 5.74) is 1.90. The lowest BCUT2D eigenvalue weighted by molar-refractivity contribution is -0.114. The normalized spacial score (nSPS) is 14.7. The van der Waals surface area contributed by atoms with Gasteiger partial charge in [-0.1, -0.05) is 18.2 Å². The number of benzene rings is 2. The standard InChI is InChI=1S/C23H16N2O6/c1-13-19(21(26)25(24-13)17-7-3-6-16(11-17)23(29)30)12-18-8-9-20(31-18)14-4-2-5-15(10-14)22(27)28/h2-12H,1H3,(H,27,28)(H,29,30)/b19-12-. The number of carboxylic acid groups (broad SMARTS) is 2. The van der Waals surface area contributed by atoms with E-state index in [1.165, 1.54) is 24.3 Å². The maximum absolute atomic E-state index is 12.9. The number of carboxylic acids is 2. The second-order valence-electron chi connectivity index (χ2n) is 6.80. The molecule has 0 fully saturated rings. The molecule has 2 N–H and O–H groups in total. The van der Waals surface area contributed by atoms with Crippen LogP contribution in [0.4, 0.5) is 5.69 Å². The first-order chi connectivity index (χ1) is 14.8. The summed E-state index contributed by atoms with van der Waals surface area (Å²) in [5, 5.41) is 23.7. The third-order valence-electron chi connectivity index (χ3n) is 4.71. The molecule has 4 rings (SSSR count). The molecule has 0 saturated heterocycles. The molecule has 0 radical (unpaired) electrons. The first-order valence-electron chi connectivity index (χ1n) is 9.22. The van der Waals surface area contributed by atoms with Crippen molar-refractivity contribution in [1.29, 1.82) is 0 Å². The summed E-state index contributed by atoms with van der Waals surface area (Å²) in [5.74, 6) is -1.69. The number of rotatable bonds is 5. The number of anilines is 1. The van der Waals surface area contributed by atoms with E-state index in [0.29, 0.717) is 34.1 Å². The Morgan fingerprint density at radius 2 is 1.65 bits per heavy atom. The lowest BCUT2D eigenvalue weighted by atomic mass is 10.1. The number of nitrogens with zero attached hydrogens (tertiary/aromatic N) is 2. The van der Waals surface area contributed by atoms with Gasteiger partial charge in [-0.2, -0.15) is 10.1 Å². The summed E-state index contributed by atoms with van der Waals surface area (Å²) in [4.78, 5) is 35.3. The smallest absolute Gasteiger partial charge is 0.335 e. The molecule has 2 heterocycles. The summed E-state index contributed by atoms with van der Waals surface area (Å²) in [6.07, 6.45) is 1.55. The van der Waals surface area contributed by atoms with E-state index in [1.54, 1.807) is 49.4 Å². The Morgan fingerprint density at radius 3 is 2.35 bits per heavy atom. The molecule has 8 heteroatoms. The number of hydrogen-bond donors (Lipinski definition) is 2. The largest absolute Gasteiger partial charge is 0.478 e. The summed E-state index contributed by atoms with van der Waals surface area (Å²) in [6.45, 7) is 1.67. The Morgan fingerprint density at radius 1 is 0.968 bits per heavy atom. The lowest BCUT2D eigenvalue weighted by Gasteiger charge is -2.12. The molecule has 0 atom stereocenters. The molecular weight excluding hydrogens is 400 g/mol. The highest BCUT2D eigenvalue weighted by atomic mass is 16.4. The molecule has 1 aliphatic rings. The van der Waals surface area contributed by atoms with Crippen molar-refractivity contribution in [2.24, 2.45) is 5.10 Å². The number of carbonyl (C=O) groups excluding carboxylic acids is 1. The van der Waals surface area contributed by atoms with Gasteiger partial charge in [0, 0.05) is 5.56 Å². The minimum absolute atomic E-state index is 0.0508. The Balaban J connectivity index is 1.62. The van der Waals surface area contributed by atoms with Gasteiger partial charge in [-0.3, -0.25) is 4.79 Å². The number of furan rings is 1. The molecule has 0 unspecified atom stereocenters. The van der Waals surface area contributed by atoms with Crippen LogP contribution in [0.3, 0.4) is 0 Å². The molecule has 154 valence electrons. The number of aromatic carboxylic acids is 2. The van der Waals surface area contributed by atoms with E-state index in [9.17, 15) is 14.4 Å². The van der Waals surface area contributed by atoms with Gasteiger partial charge in [-0.25, -0.2) is 9.59 Å². The van der Waals surface area contributed by atoms with Crippen LogP contribution in [0.2, 0.25) is 0 Å². The molecule has 0 saturated carbocycles. The van der Waals surface area contributed by atoms with Crippen molar-refractivity contribution in [3.8, 4) is 11.3 Å². The van der Waals surface area contributed by atoms with Gasteiger partial charge < -0.3 is 14.6 Å². The SMILES string of the molecule is CC1=NN(c2cccc(C(=O)O)c2)C(=O)/C1=C\c1ccc(-c2cccc(C(=O)O)c2)o1.